The lowest BCUT2D eigenvalue weighted by Crippen LogP contribution is -2.46. The average Bonchev–Trinajstić information content (AvgIpc) is 2.72. The second-order valence-corrected chi connectivity index (χ2v) is 6.11. The fourth-order valence-corrected chi connectivity index (χ4v) is 2.22. The Morgan fingerprint density at radius 3 is 2.74 bits per heavy atom. The van der Waals surface area contributed by atoms with Crippen LogP contribution in [-0.4, -0.2) is 28.0 Å². The van der Waals surface area contributed by atoms with Gasteiger partial charge in [-0.2, -0.15) is 5.26 Å². The highest BCUT2D eigenvalue weighted by atomic mass is 35.5. The molecule has 0 spiro atoms. The standard InChI is InChI=1S/C14H21ClN2O2/c1-13(2,3)19-12(18)17-10-6-8-14(17,11-16)7-4-5-9-15/h6,10H,4-5,7-9H2,1-3H3. The Labute approximate surface area is 120 Å². The van der Waals surface area contributed by atoms with Gasteiger partial charge in [0.25, 0.3) is 0 Å². The smallest absolute Gasteiger partial charge is 0.415 e. The van der Waals surface area contributed by atoms with Crippen molar-refractivity contribution in [1.82, 2.24) is 4.90 Å². The molecule has 0 saturated heterocycles. The van der Waals surface area contributed by atoms with E-state index in [-0.39, 0.29) is 0 Å². The lowest BCUT2D eigenvalue weighted by molar-refractivity contribution is 0.0214. The second kappa shape index (κ2) is 6.29. The second-order valence-electron chi connectivity index (χ2n) is 5.73. The van der Waals surface area contributed by atoms with Crippen molar-refractivity contribution in [3.63, 3.8) is 0 Å². The zero-order chi connectivity index (χ0) is 14.5. The molecule has 0 aromatic rings. The molecule has 1 atom stereocenters. The van der Waals surface area contributed by atoms with E-state index in [1.54, 1.807) is 6.20 Å². The molecule has 0 radical (unpaired) electrons. The Kier molecular flexibility index (Phi) is 5.25. The maximum atomic E-state index is 12.1. The number of unbranched alkanes of at least 4 members (excludes halogenated alkanes) is 1. The van der Waals surface area contributed by atoms with Crippen LogP contribution in [0.15, 0.2) is 12.3 Å². The summed E-state index contributed by atoms with van der Waals surface area (Å²) in [5.74, 6) is 0.571. The number of amides is 1. The normalized spacial score (nSPS) is 22.4. The molecule has 1 rings (SSSR count). The fourth-order valence-electron chi connectivity index (χ4n) is 2.03. The van der Waals surface area contributed by atoms with Crippen molar-refractivity contribution >= 4 is 17.7 Å². The molecule has 19 heavy (non-hydrogen) atoms. The Hall–Kier alpha value is -1.21. The molecular formula is C14H21ClN2O2. The maximum absolute atomic E-state index is 12.1. The molecule has 1 aliphatic heterocycles. The van der Waals surface area contributed by atoms with Crippen LogP contribution in [0.3, 0.4) is 0 Å². The van der Waals surface area contributed by atoms with Crippen molar-refractivity contribution in [2.24, 2.45) is 0 Å². The number of nitrogens with zero attached hydrogens (tertiary/aromatic N) is 2. The van der Waals surface area contributed by atoms with Crippen molar-refractivity contribution in [2.75, 3.05) is 5.88 Å². The number of hydrogen-bond acceptors (Lipinski definition) is 3. The molecule has 0 N–H and O–H groups in total. The minimum Gasteiger partial charge on any atom is -0.443 e. The van der Waals surface area contributed by atoms with E-state index in [1.807, 2.05) is 26.8 Å². The van der Waals surface area contributed by atoms with Gasteiger partial charge in [-0.1, -0.05) is 6.08 Å². The zero-order valence-electron chi connectivity index (χ0n) is 11.8. The van der Waals surface area contributed by atoms with Crippen molar-refractivity contribution < 1.29 is 9.53 Å². The molecule has 4 nitrogen and oxygen atoms in total. The van der Waals surface area contributed by atoms with Crippen molar-refractivity contribution in [3.05, 3.63) is 12.3 Å². The average molecular weight is 285 g/mol. The summed E-state index contributed by atoms with van der Waals surface area (Å²) in [4.78, 5) is 13.6. The van der Waals surface area contributed by atoms with E-state index >= 15 is 0 Å². The predicted octanol–water partition coefficient (Wildman–Crippen LogP) is 3.81. The van der Waals surface area contributed by atoms with Crippen LogP contribution in [0.5, 0.6) is 0 Å². The first-order valence-corrected chi connectivity index (χ1v) is 7.04. The van der Waals surface area contributed by atoms with Crippen LogP contribution in [-0.2, 0) is 4.74 Å². The number of rotatable bonds is 4. The van der Waals surface area contributed by atoms with E-state index in [4.69, 9.17) is 16.3 Å². The van der Waals surface area contributed by atoms with Gasteiger partial charge in [-0.15, -0.1) is 11.6 Å². The van der Waals surface area contributed by atoms with E-state index < -0.39 is 17.2 Å². The van der Waals surface area contributed by atoms with Gasteiger partial charge in [0.05, 0.1) is 6.07 Å². The van der Waals surface area contributed by atoms with Gasteiger partial charge in [0.1, 0.15) is 11.1 Å². The zero-order valence-corrected chi connectivity index (χ0v) is 12.5. The Morgan fingerprint density at radius 2 is 2.21 bits per heavy atom. The van der Waals surface area contributed by atoms with E-state index in [2.05, 4.69) is 6.07 Å². The quantitative estimate of drug-likeness (QED) is 0.582. The Balaban J connectivity index is 2.77. The van der Waals surface area contributed by atoms with Crippen LogP contribution in [0.4, 0.5) is 4.79 Å². The minimum atomic E-state index is -0.811. The van der Waals surface area contributed by atoms with E-state index in [0.717, 1.165) is 12.8 Å². The summed E-state index contributed by atoms with van der Waals surface area (Å²) in [5.41, 5.74) is -1.38. The predicted molar refractivity (Wildman–Crippen MR) is 74.7 cm³/mol. The summed E-state index contributed by atoms with van der Waals surface area (Å²) in [6.07, 6.45) is 5.85. The number of hydrogen-bond donors (Lipinski definition) is 0. The summed E-state index contributed by atoms with van der Waals surface area (Å²) in [7, 11) is 0. The van der Waals surface area contributed by atoms with E-state index in [9.17, 15) is 10.1 Å². The van der Waals surface area contributed by atoms with E-state index in [0.29, 0.717) is 18.7 Å². The van der Waals surface area contributed by atoms with Gasteiger partial charge in [-0.3, -0.25) is 4.90 Å². The lowest BCUT2D eigenvalue weighted by Gasteiger charge is -2.33. The first-order valence-electron chi connectivity index (χ1n) is 6.51. The van der Waals surface area contributed by atoms with Crippen LogP contribution in [0, 0.1) is 11.3 Å². The van der Waals surface area contributed by atoms with Crippen LogP contribution in [0.1, 0.15) is 46.5 Å². The molecule has 0 saturated carbocycles. The van der Waals surface area contributed by atoms with Crippen molar-refractivity contribution in [1.29, 1.82) is 5.26 Å². The first-order chi connectivity index (χ1) is 8.84. The van der Waals surface area contributed by atoms with Gasteiger partial charge in [0, 0.05) is 18.5 Å². The molecule has 0 aromatic carbocycles. The van der Waals surface area contributed by atoms with Gasteiger partial charge >= 0.3 is 6.09 Å². The number of carbonyl (C=O) groups is 1. The van der Waals surface area contributed by atoms with Gasteiger partial charge in [0.2, 0.25) is 0 Å². The molecule has 106 valence electrons. The van der Waals surface area contributed by atoms with Crippen molar-refractivity contribution in [3.8, 4) is 6.07 Å². The molecule has 5 heteroatoms. The molecule has 1 aliphatic rings. The fraction of sp³-hybridized carbons (Fsp3) is 0.714. The third-order valence-electron chi connectivity index (χ3n) is 2.94. The first kappa shape index (κ1) is 15.8. The molecule has 0 bridgehead atoms. The molecule has 0 aromatic heterocycles. The Bertz CT molecular complexity index is 395. The molecular weight excluding hydrogens is 264 g/mol. The number of carbonyl (C=O) groups excluding carboxylic acids is 1. The summed E-state index contributed by atoms with van der Waals surface area (Å²) < 4.78 is 5.34. The highest BCUT2D eigenvalue weighted by Gasteiger charge is 2.42. The highest BCUT2D eigenvalue weighted by Crippen LogP contribution is 2.33. The van der Waals surface area contributed by atoms with Crippen LogP contribution in [0.2, 0.25) is 0 Å². The molecule has 1 unspecified atom stereocenters. The monoisotopic (exact) mass is 284 g/mol. The van der Waals surface area contributed by atoms with Crippen molar-refractivity contribution in [2.45, 2.75) is 57.6 Å². The Morgan fingerprint density at radius 1 is 1.53 bits per heavy atom. The number of ether oxygens (including phenoxy) is 1. The molecule has 1 amide bonds. The van der Waals surface area contributed by atoms with Gasteiger partial charge < -0.3 is 4.74 Å². The largest absolute Gasteiger partial charge is 0.443 e. The summed E-state index contributed by atoms with van der Waals surface area (Å²) in [5, 5.41) is 9.46. The van der Waals surface area contributed by atoms with Gasteiger partial charge in [0.15, 0.2) is 0 Å². The van der Waals surface area contributed by atoms with Crippen LogP contribution < -0.4 is 0 Å². The third-order valence-corrected chi connectivity index (χ3v) is 3.21. The van der Waals surface area contributed by atoms with Crippen LogP contribution in [0.25, 0.3) is 0 Å². The lowest BCUT2D eigenvalue weighted by atomic mass is 9.91. The maximum Gasteiger partial charge on any atom is 0.415 e. The number of alkyl halides is 1. The highest BCUT2D eigenvalue weighted by molar-refractivity contribution is 6.17. The molecule has 0 aliphatic carbocycles. The van der Waals surface area contributed by atoms with Gasteiger partial charge in [-0.05, 0) is 40.0 Å². The minimum absolute atomic E-state index is 0.464. The summed E-state index contributed by atoms with van der Waals surface area (Å²) in [6.45, 7) is 5.44. The van der Waals surface area contributed by atoms with Gasteiger partial charge in [-0.25, -0.2) is 4.79 Å². The van der Waals surface area contributed by atoms with Crippen LogP contribution >= 0.6 is 11.6 Å². The summed E-state index contributed by atoms with van der Waals surface area (Å²) in [6, 6.07) is 2.27. The molecule has 1 heterocycles. The SMILES string of the molecule is CC(C)(C)OC(=O)N1C=CCC1(C#N)CCCCCl. The number of halogens is 1. The van der Waals surface area contributed by atoms with E-state index in [1.165, 1.54) is 4.90 Å². The number of nitriles is 1. The molecule has 0 fully saturated rings. The summed E-state index contributed by atoms with van der Waals surface area (Å²) >= 11 is 5.66. The topological polar surface area (TPSA) is 53.3 Å². The third kappa shape index (κ3) is 4.14.